The molecule has 0 aliphatic carbocycles. The fourth-order valence-electron chi connectivity index (χ4n) is 2.54. The molecule has 0 heterocycles. The first-order valence-corrected chi connectivity index (χ1v) is 7.51. The van der Waals surface area contributed by atoms with E-state index in [2.05, 4.69) is 6.92 Å². The number of primary amides is 1. The molecule has 112 valence electrons. The molecule has 1 rings (SSSR count). The van der Waals surface area contributed by atoms with Gasteiger partial charge in [-0.1, -0.05) is 43.5 Å². The van der Waals surface area contributed by atoms with Crippen molar-refractivity contribution in [2.75, 3.05) is 0 Å². The first-order chi connectivity index (χ1) is 9.29. The predicted molar refractivity (Wildman–Crippen MR) is 83.5 cm³/mol. The highest BCUT2D eigenvalue weighted by Gasteiger charge is 2.24. The number of benzene rings is 1. The molecule has 0 aliphatic heterocycles. The van der Waals surface area contributed by atoms with Gasteiger partial charge in [0, 0.05) is 17.5 Å². The molecule has 0 saturated heterocycles. The van der Waals surface area contributed by atoms with Crippen molar-refractivity contribution >= 4 is 29.1 Å². The molecule has 1 aromatic rings. The number of hydrogen-bond acceptors (Lipinski definition) is 2. The van der Waals surface area contributed by atoms with Crippen LogP contribution in [0.4, 0.5) is 0 Å². The van der Waals surface area contributed by atoms with Gasteiger partial charge in [0.1, 0.15) is 5.75 Å². The van der Waals surface area contributed by atoms with Gasteiger partial charge in [0.2, 0.25) is 5.91 Å². The number of halogens is 2. The molecule has 20 heavy (non-hydrogen) atoms. The van der Waals surface area contributed by atoms with Crippen molar-refractivity contribution in [2.24, 2.45) is 11.7 Å². The molecule has 0 bridgehead atoms. The summed E-state index contributed by atoms with van der Waals surface area (Å²) >= 11 is 12.1. The SMILES string of the molecule is CCC[C@@H](C[C@@H](C)C(N)=O)c1c(O)cc(Cl)c(Cl)c1C. The zero-order valence-corrected chi connectivity index (χ0v) is 13.6. The van der Waals surface area contributed by atoms with Crippen molar-refractivity contribution < 1.29 is 9.90 Å². The summed E-state index contributed by atoms with van der Waals surface area (Å²) in [6.07, 6.45) is 2.38. The Kier molecular flexibility index (Phi) is 6.15. The number of nitrogens with two attached hydrogens (primary N) is 1. The Morgan fingerprint density at radius 2 is 2.05 bits per heavy atom. The highest BCUT2D eigenvalue weighted by molar-refractivity contribution is 6.42. The molecule has 3 nitrogen and oxygen atoms in total. The van der Waals surface area contributed by atoms with E-state index in [0.717, 1.165) is 24.0 Å². The van der Waals surface area contributed by atoms with E-state index in [-0.39, 0.29) is 23.5 Å². The predicted octanol–water partition coefficient (Wildman–Crippen LogP) is 4.40. The third-order valence-electron chi connectivity index (χ3n) is 3.65. The van der Waals surface area contributed by atoms with E-state index in [4.69, 9.17) is 28.9 Å². The summed E-state index contributed by atoms with van der Waals surface area (Å²) in [5.74, 6) is -0.410. The molecule has 0 unspecified atom stereocenters. The van der Waals surface area contributed by atoms with E-state index in [9.17, 15) is 9.90 Å². The maximum absolute atomic E-state index is 11.3. The largest absolute Gasteiger partial charge is 0.508 e. The maximum Gasteiger partial charge on any atom is 0.220 e. The van der Waals surface area contributed by atoms with Gasteiger partial charge in [0.05, 0.1) is 10.0 Å². The number of phenols is 1. The lowest BCUT2D eigenvalue weighted by Crippen LogP contribution is -2.22. The van der Waals surface area contributed by atoms with Crippen LogP contribution < -0.4 is 5.73 Å². The van der Waals surface area contributed by atoms with Crippen molar-refractivity contribution in [3.05, 3.63) is 27.2 Å². The second-order valence-corrected chi connectivity index (χ2v) is 6.04. The van der Waals surface area contributed by atoms with Crippen molar-refractivity contribution in [3.8, 4) is 5.75 Å². The molecule has 0 aliphatic rings. The Hall–Kier alpha value is -0.930. The number of rotatable bonds is 6. The molecule has 2 atom stereocenters. The van der Waals surface area contributed by atoms with Crippen LogP contribution in [0.1, 0.15) is 50.2 Å². The van der Waals surface area contributed by atoms with Gasteiger partial charge in [-0.25, -0.2) is 0 Å². The number of amides is 1. The van der Waals surface area contributed by atoms with Gasteiger partial charge in [0.15, 0.2) is 0 Å². The van der Waals surface area contributed by atoms with Gasteiger partial charge in [0.25, 0.3) is 0 Å². The summed E-state index contributed by atoms with van der Waals surface area (Å²) in [6.45, 7) is 5.70. The van der Waals surface area contributed by atoms with Gasteiger partial charge < -0.3 is 10.8 Å². The van der Waals surface area contributed by atoms with E-state index < -0.39 is 0 Å². The minimum absolute atomic E-state index is 0.0391. The van der Waals surface area contributed by atoms with Crippen molar-refractivity contribution in [3.63, 3.8) is 0 Å². The normalized spacial score (nSPS) is 14.1. The lowest BCUT2D eigenvalue weighted by Gasteiger charge is -2.23. The minimum Gasteiger partial charge on any atom is -0.508 e. The fraction of sp³-hybridized carbons (Fsp3) is 0.533. The summed E-state index contributed by atoms with van der Waals surface area (Å²) in [5, 5.41) is 11.0. The Bertz CT molecular complexity index is 503. The quantitative estimate of drug-likeness (QED) is 0.816. The van der Waals surface area contributed by atoms with E-state index in [1.807, 2.05) is 6.92 Å². The number of carbonyl (C=O) groups excluding carboxylic acids is 1. The summed E-state index contributed by atoms with van der Waals surface area (Å²) in [5.41, 5.74) is 6.88. The zero-order chi connectivity index (χ0) is 15.4. The standard InChI is InChI=1S/C15H21Cl2NO2/c1-4-5-10(6-8(2)15(18)20)13-9(3)14(17)11(16)7-12(13)19/h7-8,10,19H,4-6H2,1-3H3,(H2,18,20)/t8-,10+/m1/s1. The summed E-state index contributed by atoms with van der Waals surface area (Å²) in [7, 11) is 0. The Morgan fingerprint density at radius 3 is 2.55 bits per heavy atom. The highest BCUT2D eigenvalue weighted by atomic mass is 35.5. The summed E-state index contributed by atoms with van der Waals surface area (Å²) in [6, 6.07) is 1.46. The molecule has 5 heteroatoms. The lowest BCUT2D eigenvalue weighted by molar-refractivity contribution is -0.121. The molecule has 0 fully saturated rings. The van der Waals surface area contributed by atoms with Crippen LogP contribution in [-0.4, -0.2) is 11.0 Å². The molecule has 0 spiro atoms. The van der Waals surface area contributed by atoms with Gasteiger partial charge in [-0.15, -0.1) is 0 Å². The summed E-state index contributed by atoms with van der Waals surface area (Å²) in [4.78, 5) is 11.3. The number of carbonyl (C=O) groups is 1. The van der Waals surface area contributed by atoms with Crippen LogP contribution in [0.2, 0.25) is 10.0 Å². The van der Waals surface area contributed by atoms with Gasteiger partial charge in [-0.2, -0.15) is 0 Å². The molecule has 3 N–H and O–H groups in total. The van der Waals surface area contributed by atoms with Crippen LogP contribution in [0.15, 0.2) is 6.07 Å². The van der Waals surface area contributed by atoms with Crippen molar-refractivity contribution in [1.29, 1.82) is 0 Å². The Balaban J connectivity index is 3.21. The van der Waals surface area contributed by atoms with Crippen LogP contribution >= 0.6 is 23.2 Å². The summed E-state index contributed by atoms with van der Waals surface area (Å²) < 4.78 is 0. The first-order valence-electron chi connectivity index (χ1n) is 6.76. The Labute approximate surface area is 130 Å². The number of aromatic hydroxyl groups is 1. The fourth-order valence-corrected chi connectivity index (χ4v) is 2.94. The van der Waals surface area contributed by atoms with E-state index in [1.54, 1.807) is 6.92 Å². The molecule has 1 aromatic carbocycles. The van der Waals surface area contributed by atoms with Gasteiger partial charge >= 0.3 is 0 Å². The van der Waals surface area contributed by atoms with Crippen molar-refractivity contribution in [1.82, 2.24) is 0 Å². The van der Waals surface area contributed by atoms with Gasteiger partial charge in [-0.05, 0) is 31.2 Å². The second kappa shape index (κ2) is 7.19. The second-order valence-electron chi connectivity index (χ2n) is 5.25. The van der Waals surface area contributed by atoms with Crippen LogP contribution in [0, 0.1) is 12.8 Å². The number of phenolic OH excluding ortho intramolecular Hbond substituents is 1. The lowest BCUT2D eigenvalue weighted by atomic mass is 9.83. The Morgan fingerprint density at radius 1 is 1.45 bits per heavy atom. The smallest absolute Gasteiger partial charge is 0.220 e. The van der Waals surface area contributed by atoms with E-state index in [0.29, 0.717) is 16.5 Å². The van der Waals surface area contributed by atoms with Crippen LogP contribution in [0.25, 0.3) is 0 Å². The minimum atomic E-state index is -0.330. The molecule has 0 aromatic heterocycles. The molecular weight excluding hydrogens is 297 g/mol. The average Bonchev–Trinajstić information content (AvgIpc) is 2.36. The number of hydrogen-bond donors (Lipinski definition) is 2. The van der Waals surface area contributed by atoms with Crippen LogP contribution in [0.3, 0.4) is 0 Å². The molecule has 0 radical (unpaired) electrons. The van der Waals surface area contributed by atoms with E-state index in [1.165, 1.54) is 6.07 Å². The average molecular weight is 318 g/mol. The van der Waals surface area contributed by atoms with Crippen LogP contribution in [-0.2, 0) is 4.79 Å². The topological polar surface area (TPSA) is 63.3 Å². The molecule has 0 saturated carbocycles. The first kappa shape index (κ1) is 17.1. The molecular formula is C15H21Cl2NO2. The van der Waals surface area contributed by atoms with Crippen LogP contribution in [0.5, 0.6) is 5.75 Å². The zero-order valence-electron chi connectivity index (χ0n) is 12.0. The monoisotopic (exact) mass is 317 g/mol. The third-order valence-corrected chi connectivity index (χ3v) is 4.53. The third kappa shape index (κ3) is 3.80. The van der Waals surface area contributed by atoms with Crippen molar-refractivity contribution in [2.45, 2.75) is 46.0 Å². The maximum atomic E-state index is 11.3. The van der Waals surface area contributed by atoms with E-state index >= 15 is 0 Å². The molecule has 1 amide bonds. The van der Waals surface area contributed by atoms with Gasteiger partial charge in [-0.3, -0.25) is 4.79 Å². The highest BCUT2D eigenvalue weighted by Crippen LogP contribution is 2.42.